The monoisotopic (exact) mass is 851 g/mol. The van der Waals surface area contributed by atoms with Crippen LogP contribution in [0.3, 0.4) is 0 Å². The predicted octanol–water partition coefficient (Wildman–Crippen LogP) is 16.4. The molecule has 0 atom stereocenters. The Morgan fingerprint density at radius 2 is 0.806 bits per heavy atom. The van der Waals surface area contributed by atoms with Crippen molar-refractivity contribution in [1.82, 2.24) is 13.7 Å². The normalized spacial score (nSPS) is 11.6. The van der Waals surface area contributed by atoms with Gasteiger partial charge in [-0.3, -0.25) is 0 Å². The quantitative estimate of drug-likeness (QED) is 0.154. The molecule has 0 unspecified atom stereocenters. The molecule has 0 saturated carbocycles. The summed E-state index contributed by atoms with van der Waals surface area (Å²) in [5.41, 5.74) is 16.8. The molecular formula is C62H37N5. The number of fused-ring (bicyclic) bond motifs is 9. The zero-order chi connectivity index (χ0) is 44.6. The first-order chi connectivity index (χ1) is 33.2. The molecule has 0 amide bonds. The number of benzene rings is 10. The first-order valence-corrected chi connectivity index (χ1v) is 22.4. The largest absolute Gasteiger partial charge is 0.309 e. The van der Waals surface area contributed by atoms with Crippen molar-refractivity contribution in [2.75, 3.05) is 0 Å². The van der Waals surface area contributed by atoms with Crippen LogP contribution in [0.1, 0.15) is 5.56 Å². The predicted molar refractivity (Wildman–Crippen MR) is 277 cm³/mol. The number of nitrogens with zero attached hydrogens (tertiary/aromatic N) is 5. The van der Waals surface area contributed by atoms with Crippen LogP contribution in [0.15, 0.2) is 224 Å². The molecule has 67 heavy (non-hydrogen) atoms. The van der Waals surface area contributed by atoms with E-state index >= 15 is 0 Å². The summed E-state index contributed by atoms with van der Waals surface area (Å²) in [5, 5.41) is 17.1. The number of hydrogen-bond acceptors (Lipinski definition) is 1. The smallest absolute Gasteiger partial charge is 0.194 e. The fourth-order valence-electron chi connectivity index (χ4n) is 10.7. The van der Waals surface area contributed by atoms with Gasteiger partial charge in [0.1, 0.15) is 0 Å². The Hall–Kier alpha value is -9.42. The van der Waals surface area contributed by atoms with E-state index in [2.05, 4.69) is 225 Å². The van der Waals surface area contributed by atoms with Gasteiger partial charge in [-0.25, -0.2) is 4.85 Å². The van der Waals surface area contributed by atoms with Gasteiger partial charge in [0.05, 0.1) is 68.4 Å². The van der Waals surface area contributed by atoms with E-state index in [-0.39, 0.29) is 0 Å². The number of para-hydroxylation sites is 6. The van der Waals surface area contributed by atoms with Gasteiger partial charge in [0.25, 0.3) is 0 Å². The first kappa shape index (κ1) is 38.1. The highest BCUT2D eigenvalue weighted by Crippen LogP contribution is 2.46. The SMILES string of the molecule is [C-]#[N+]c1ccc(C#N)cc1-c1cccc(-c2c(-c3ccccc3-n3c4ccccc4c4c(-n5c6ccccc6c6ccccc65)cccc43)cccc2-n2c3ccccc3c3ccccc32)c1. The lowest BCUT2D eigenvalue weighted by Crippen LogP contribution is -2.02. The second kappa shape index (κ2) is 15.1. The minimum Gasteiger partial charge on any atom is -0.309 e. The summed E-state index contributed by atoms with van der Waals surface area (Å²) in [4.78, 5) is 3.89. The first-order valence-electron chi connectivity index (χ1n) is 22.4. The van der Waals surface area contributed by atoms with Crippen LogP contribution in [0.2, 0.25) is 0 Å². The second-order valence-corrected chi connectivity index (χ2v) is 17.0. The molecular weight excluding hydrogens is 815 g/mol. The summed E-state index contributed by atoms with van der Waals surface area (Å²) in [7, 11) is 0. The molecule has 13 aromatic rings. The Balaban J connectivity index is 1.12. The molecule has 0 saturated heterocycles. The van der Waals surface area contributed by atoms with Crippen molar-refractivity contribution >= 4 is 71.1 Å². The maximum absolute atomic E-state index is 9.93. The summed E-state index contributed by atoms with van der Waals surface area (Å²) in [6.07, 6.45) is 0. The van der Waals surface area contributed by atoms with Crippen LogP contribution in [-0.4, -0.2) is 13.7 Å². The van der Waals surface area contributed by atoms with Crippen molar-refractivity contribution in [3.8, 4) is 56.5 Å². The van der Waals surface area contributed by atoms with Crippen LogP contribution >= 0.6 is 0 Å². The Labute approximate surface area is 386 Å². The Morgan fingerprint density at radius 3 is 1.43 bits per heavy atom. The zero-order valence-corrected chi connectivity index (χ0v) is 36.1. The third-order valence-corrected chi connectivity index (χ3v) is 13.5. The zero-order valence-electron chi connectivity index (χ0n) is 36.1. The molecule has 3 heterocycles. The summed E-state index contributed by atoms with van der Waals surface area (Å²) < 4.78 is 7.28. The van der Waals surface area contributed by atoms with E-state index < -0.39 is 0 Å². The lowest BCUT2D eigenvalue weighted by Gasteiger charge is -2.21. The lowest BCUT2D eigenvalue weighted by atomic mass is 9.89. The van der Waals surface area contributed by atoms with E-state index in [9.17, 15) is 5.26 Å². The second-order valence-electron chi connectivity index (χ2n) is 17.0. The maximum Gasteiger partial charge on any atom is 0.194 e. The van der Waals surface area contributed by atoms with Crippen molar-refractivity contribution in [1.29, 1.82) is 5.26 Å². The van der Waals surface area contributed by atoms with Gasteiger partial charge in [0.15, 0.2) is 5.69 Å². The van der Waals surface area contributed by atoms with Crippen molar-refractivity contribution < 1.29 is 0 Å². The summed E-state index contributed by atoms with van der Waals surface area (Å²) >= 11 is 0. The summed E-state index contributed by atoms with van der Waals surface area (Å²) in [6, 6.07) is 81.7. The number of nitriles is 1. The average Bonchev–Trinajstić information content (AvgIpc) is 4.04. The van der Waals surface area contributed by atoms with Crippen LogP contribution in [0.25, 0.3) is 121 Å². The molecule has 5 heteroatoms. The maximum atomic E-state index is 9.93. The molecule has 310 valence electrons. The topological polar surface area (TPSA) is 42.9 Å². The van der Waals surface area contributed by atoms with Crippen molar-refractivity contribution in [2.24, 2.45) is 0 Å². The number of aromatic nitrogens is 3. The Bertz CT molecular complexity index is 4150. The molecule has 0 spiro atoms. The molecule has 0 aliphatic rings. The highest BCUT2D eigenvalue weighted by molar-refractivity contribution is 6.17. The van der Waals surface area contributed by atoms with Gasteiger partial charge in [-0.2, -0.15) is 5.26 Å². The average molecular weight is 852 g/mol. The third-order valence-electron chi connectivity index (χ3n) is 13.5. The molecule has 10 aromatic carbocycles. The van der Waals surface area contributed by atoms with Gasteiger partial charge >= 0.3 is 0 Å². The van der Waals surface area contributed by atoms with Gasteiger partial charge in [-0.05, 0) is 89.0 Å². The number of rotatable bonds is 6. The molecule has 0 fully saturated rings. The van der Waals surface area contributed by atoms with Crippen LogP contribution in [-0.2, 0) is 0 Å². The highest BCUT2D eigenvalue weighted by atomic mass is 15.0. The van der Waals surface area contributed by atoms with E-state index in [1.165, 1.54) is 43.4 Å². The van der Waals surface area contributed by atoms with E-state index in [1.54, 1.807) is 12.1 Å². The lowest BCUT2D eigenvalue weighted by molar-refractivity contribution is 1.16. The van der Waals surface area contributed by atoms with E-state index in [0.717, 1.165) is 72.5 Å². The van der Waals surface area contributed by atoms with Crippen molar-refractivity contribution in [3.63, 3.8) is 0 Å². The molecule has 3 aromatic heterocycles. The Morgan fingerprint density at radius 1 is 0.358 bits per heavy atom. The fraction of sp³-hybridized carbons (Fsp3) is 0. The van der Waals surface area contributed by atoms with Crippen LogP contribution in [0.5, 0.6) is 0 Å². The molecule has 13 rings (SSSR count). The van der Waals surface area contributed by atoms with Crippen LogP contribution in [0, 0.1) is 17.9 Å². The van der Waals surface area contributed by atoms with E-state index in [1.807, 2.05) is 12.1 Å². The summed E-state index contributed by atoms with van der Waals surface area (Å²) in [6.45, 7) is 8.07. The minimum atomic E-state index is 0.504. The van der Waals surface area contributed by atoms with Gasteiger partial charge in [0, 0.05) is 43.4 Å². The molecule has 5 nitrogen and oxygen atoms in total. The molecule has 0 aliphatic heterocycles. The van der Waals surface area contributed by atoms with Gasteiger partial charge in [-0.15, -0.1) is 0 Å². The van der Waals surface area contributed by atoms with E-state index in [0.29, 0.717) is 11.3 Å². The van der Waals surface area contributed by atoms with Crippen molar-refractivity contribution in [3.05, 3.63) is 241 Å². The minimum absolute atomic E-state index is 0.504. The summed E-state index contributed by atoms with van der Waals surface area (Å²) in [5.74, 6) is 0. The molecule has 0 radical (unpaired) electrons. The standard InChI is InChI=1S/C62H37N5/c1-64-51-36-35-40(39-63)37-50(51)41-17-14-18-42(38-41)61-48(25-15-32-58(61)65-52-26-8-2-19-43(52)44-20-3-9-27-53(44)65)47-23-6-12-30-56(47)67-57-31-13-7-24-49(57)62-59(33-16-34-60(62)67)66-54-28-10-4-21-45(54)46-22-5-11-29-55(46)66/h2-38H. The van der Waals surface area contributed by atoms with Crippen LogP contribution < -0.4 is 0 Å². The van der Waals surface area contributed by atoms with Gasteiger partial charge < -0.3 is 13.7 Å². The molecule has 0 aliphatic carbocycles. The highest BCUT2D eigenvalue weighted by Gasteiger charge is 2.24. The van der Waals surface area contributed by atoms with E-state index in [4.69, 9.17) is 6.57 Å². The Kier molecular flexibility index (Phi) is 8.58. The van der Waals surface area contributed by atoms with Crippen LogP contribution in [0.4, 0.5) is 5.69 Å². The van der Waals surface area contributed by atoms with Gasteiger partial charge in [0.2, 0.25) is 0 Å². The molecule has 0 bridgehead atoms. The number of hydrogen-bond donors (Lipinski definition) is 0. The third kappa shape index (κ3) is 5.73. The van der Waals surface area contributed by atoms with Crippen molar-refractivity contribution in [2.45, 2.75) is 0 Å². The van der Waals surface area contributed by atoms with Gasteiger partial charge in [-0.1, -0.05) is 158 Å². The fourth-order valence-corrected chi connectivity index (χ4v) is 10.7. The molecule has 0 N–H and O–H groups in total.